The van der Waals surface area contributed by atoms with E-state index in [4.69, 9.17) is 4.74 Å². The zero-order valence-electron chi connectivity index (χ0n) is 30.8. The predicted octanol–water partition coefficient (Wildman–Crippen LogP) is 13.3. The molecule has 0 N–H and O–H groups in total. The summed E-state index contributed by atoms with van der Waals surface area (Å²) in [5.74, 6) is -0.0197. The van der Waals surface area contributed by atoms with E-state index < -0.39 is 0 Å². The van der Waals surface area contributed by atoms with Gasteiger partial charge in [0.25, 0.3) is 0 Å². The lowest BCUT2D eigenvalue weighted by Crippen LogP contribution is -2.22. The van der Waals surface area contributed by atoms with E-state index in [-0.39, 0.29) is 12.1 Å². The molecule has 0 aliphatic carbocycles. The van der Waals surface area contributed by atoms with E-state index >= 15 is 0 Å². The minimum atomic E-state index is -0.0197. The summed E-state index contributed by atoms with van der Waals surface area (Å²) < 4.78 is 5.96. The van der Waals surface area contributed by atoms with Crippen LogP contribution in [-0.4, -0.2) is 37.6 Å². The van der Waals surface area contributed by atoms with E-state index in [2.05, 4.69) is 67.4 Å². The third-order valence-electron chi connectivity index (χ3n) is 8.51. The molecule has 0 rings (SSSR count). The molecule has 0 aromatic carbocycles. The molecule has 0 aromatic heterocycles. The van der Waals surface area contributed by atoms with Crippen molar-refractivity contribution in [1.29, 1.82) is 0 Å². The molecular formula is C42H77NO2. The molecule has 262 valence electrons. The molecule has 45 heavy (non-hydrogen) atoms. The molecular weight excluding hydrogens is 550 g/mol. The highest BCUT2D eigenvalue weighted by molar-refractivity contribution is 5.69. The van der Waals surface area contributed by atoms with E-state index in [0.29, 0.717) is 6.42 Å². The van der Waals surface area contributed by atoms with Crippen LogP contribution in [0.25, 0.3) is 0 Å². The second kappa shape index (κ2) is 36.9. The summed E-state index contributed by atoms with van der Waals surface area (Å²) in [5.41, 5.74) is 0. The van der Waals surface area contributed by atoms with E-state index in [1.165, 1.54) is 141 Å². The van der Waals surface area contributed by atoms with Crippen LogP contribution in [0.1, 0.15) is 187 Å². The molecule has 0 atom stereocenters. The first-order valence-electron chi connectivity index (χ1n) is 19.5. The lowest BCUT2D eigenvalue weighted by molar-refractivity contribution is -0.150. The summed E-state index contributed by atoms with van der Waals surface area (Å²) >= 11 is 0. The van der Waals surface area contributed by atoms with E-state index in [1.54, 1.807) is 0 Å². The molecule has 0 heterocycles. The van der Waals surface area contributed by atoms with Crippen molar-refractivity contribution >= 4 is 5.97 Å². The molecule has 3 nitrogen and oxygen atoms in total. The van der Waals surface area contributed by atoms with E-state index in [9.17, 15) is 4.79 Å². The number of nitrogens with zero attached hydrogens (tertiary/aromatic N) is 1. The Balaban J connectivity index is 3.96. The van der Waals surface area contributed by atoms with Crippen LogP contribution < -0.4 is 0 Å². The molecule has 0 fully saturated rings. The van der Waals surface area contributed by atoms with E-state index in [0.717, 1.165) is 32.2 Å². The maximum absolute atomic E-state index is 12.4. The molecule has 0 spiro atoms. The second-order valence-corrected chi connectivity index (χ2v) is 13.4. The van der Waals surface area contributed by atoms with Crippen LogP contribution in [0.2, 0.25) is 0 Å². The lowest BCUT2D eigenvalue weighted by atomic mass is 10.0. The SMILES string of the molecule is CCCCCC=CCC=CCCCCCCCCC(CCCCCCCCC=CCC=CCCCCC)OC(=O)CCN(C)C. The van der Waals surface area contributed by atoms with Crippen molar-refractivity contribution in [1.82, 2.24) is 4.90 Å². The Morgan fingerprint density at radius 3 is 1.24 bits per heavy atom. The van der Waals surface area contributed by atoms with Gasteiger partial charge in [0.1, 0.15) is 6.10 Å². The maximum atomic E-state index is 12.4. The zero-order valence-corrected chi connectivity index (χ0v) is 30.8. The van der Waals surface area contributed by atoms with Crippen LogP contribution in [0.15, 0.2) is 48.6 Å². The summed E-state index contributed by atoms with van der Waals surface area (Å²) in [4.78, 5) is 14.5. The molecule has 0 saturated carbocycles. The van der Waals surface area contributed by atoms with Crippen molar-refractivity contribution in [2.45, 2.75) is 193 Å². The van der Waals surface area contributed by atoms with E-state index in [1.807, 2.05) is 14.1 Å². The summed E-state index contributed by atoms with van der Waals surface area (Å²) in [6.45, 7) is 5.29. The van der Waals surface area contributed by atoms with Gasteiger partial charge in [-0.1, -0.05) is 140 Å². The Kier molecular flexibility index (Phi) is 35.5. The molecule has 0 saturated heterocycles. The first-order chi connectivity index (χ1) is 22.1. The standard InChI is InChI=1S/C42H77NO2/c1-5-7-9-11-13-15-17-19-21-23-25-27-29-31-33-35-37-41(45-42(44)39-40-43(3)4)38-36-34-32-30-28-26-24-22-20-18-16-14-12-10-8-6-2/h13-16,19-22,41H,5-12,17-18,23-40H2,1-4H3. The van der Waals surface area contributed by atoms with Crippen molar-refractivity contribution in [3.05, 3.63) is 48.6 Å². The van der Waals surface area contributed by atoms with Gasteiger partial charge < -0.3 is 9.64 Å². The third kappa shape index (κ3) is 36.7. The first kappa shape index (κ1) is 43.4. The van der Waals surface area contributed by atoms with Crippen molar-refractivity contribution in [2.75, 3.05) is 20.6 Å². The van der Waals surface area contributed by atoms with Gasteiger partial charge in [-0.2, -0.15) is 0 Å². The van der Waals surface area contributed by atoms with Crippen molar-refractivity contribution in [3.63, 3.8) is 0 Å². The number of ether oxygens (including phenoxy) is 1. The molecule has 3 heteroatoms. The highest BCUT2D eigenvalue weighted by Crippen LogP contribution is 2.18. The number of hydrogen-bond acceptors (Lipinski definition) is 3. The van der Waals surface area contributed by atoms with Gasteiger partial charge in [0, 0.05) is 6.54 Å². The van der Waals surface area contributed by atoms with Crippen molar-refractivity contribution < 1.29 is 9.53 Å². The Morgan fingerprint density at radius 2 is 0.867 bits per heavy atom. The fourth-order valence-corrected chi connectivity index (χ4v) is 5.54. The van der Waals surface area contributed by atoms with Crippen LogP contribution in [0.3, 0.4) is 0 Å². The normalized spacial score (nSPS) is 13.0. The van der Waals surface area contributed by atoms with Gasteiger partial charge in [-0.3, -0.25) is 4.79 Å². The largest absolute Gasteiger partial charge is 0.462 e. The Labute approximate surface area is 282 Å². The quantitative estimate of drug-likeness (QED) is 0.0404. The maximum Gasteiger partial charge on any atom is 0.307 e. The summed E-state index contributed by atoms with van der Waals surface area (Å²) in [7, 11) is 4.03. The predicted molar refractivity (Wildman–Crippen MR) is 201 cm³/mol. The summed E-state index contributed by atoms with van der Waals surface area (Å²) in [6, 6.07) is 0. The van der Waals surface area contributed by atoms with Crippen LogP contribution in [0.4, 0.5) is 0 Å². The molecule has 0 radical (unpaired) electrons. The minimum absolute atomic E-state index is 0.0197. The number of carbonyl (C=O) groups excluding carboxylic acids is 1. The summed E-state index contributed by atoms with van der Waals surface area (Å²) in [5, 5.41) is 0. The molecule has 0 amide bonds. The van der Waals surface area contributed by atoms with Crippen molar-refractivity contribution in [2.24, 2.45) is 0 Å². The summed E-state index contributed by atoms with van der Waals surface area (Å²) in [6.07, 6.45) is 51.8. The highest BCUT2D eigenvalue weighted by Gasteiger charge is 2.14. The fraction of sp³-hybridized carbons (Fsp3) is 0.786. The van der Waals surface area contributed by atoms with Crippen LogP contribution in [0, 0.1) is 0 Å². The van der Waals surface area contributed by atoms with Gasteiger partial charge in [0.2, 0.25) is 0 Å². The third-order valence-corrected chi connectivity index (χ3v) is 8.51. The van der Waals surface area contributed by atoms with Gasteiger partial charge in [-0.25, -0.2) is 0 Å². The number of allylic oxidation sites excluding steroid dienone is 8. The second-order valence-electron chi connectivity index (χ2n) is 13.4. The number of hydrogen-bond donors (Lipinski definition) is 0. The van der Waals surface area contributed by atoms with Gasteiger partial charge in [-0.15, -0.1) is 0 Å². The molecule has 0 unspecified atom stereocenters. The van der Waals surface area contributed by atoms with Gasteiger partial charge >= 0.3 is 5.97 Å². The Bertz CT molecular complexity index is 672. The van der Waals surface area contributed by atoms with Gasteiger partial charge in [-0.05, 0) is 104 Å². The van der Waals surface area contributed by atoms with Gasteiger partial charge in [0.15, 0.2) is 0 Å². The number of carbonyl (C=O) groups is 1. The number of rotatable bonds is 34. The zero-order chi connectivity index (χ0) is 32.9. The minimum Gasteiger partial charge on any atom is -0.462 e. The molecule has 0 aliphatic heterocycles. The number of esters is 1. The van der Waals surface area contributed by atoms with Gasteiger partial charge in [0.05, 0.1) is 6.42 Å². The van der Waals surface area contributed by atoms with Crippen LogP contribution in [0.5, 0.6) is 0 Å². The lowest BCUT2D eigenvalue weighted by Gasteiger charge is -2.19. The topological polar surface area (TPSA) is 29.5 Å². The van der Waals surface area contributed by atoms with Crippen molar-refractivity contribution in [3.8, 4) is 0 Å². The average molecular weight is 628 g/mol. The highest BCUT2D eigenvalue weighted by atomic mass is 16.5. The van der Waals surface area contributed by atoms with Crippen LogP contribution >= 0.6 is 0 Å². The Morgan fingerprint density at radius 1 is 0.511 bits per heavy atom. The number of unbranched alkanes of at least 4 members (excludes halogenated alkanes) is 18. The fourth-order valence-electron chi connectivity index (χ4n) is 5.54. The molecule has 0 bridgehead atoms. The molecule has 0 aliphatic rings. The van der Waals surface area contributed by atoms with Crippen LogP contribution in [-0.2, 0) is 9.53 Å². The smallest absolute Gasteiger partial charge is 0.307 e. The first-order valence-corrected chi connectivity index (χ1v) is 19.5. The monoisotopic (exact) mass is 628 g/mol. The Hall–Kier alpha value is -1.61. The average Bonchev–Trinajstić information content (AvgIpc) is 3.03. The molecule has 0 aromatic rings.